The highest BCUT2D eigenvalue weighted by molar-refractivity contribution is 5.73. The van der Waals surface area contributed by atoms with Crippen molar-refractivity contribution in [2.24, 2.45) is 0 Å². The summed E-state index contributed by atoms with van der Waals surface area (Å²) < 4.78 is 4.85. The Morgan fingerprint density at radius 2 is 2.24 bits per heavy atom. The molecule has 1 rings (SSSR count). The topological polar surface area (TPSA) is 89.7 Å². The molecule has 0 aliphatic carbocycles. The molecule has 0 aromatic heterocycles. The van der Waals surface area contributed by atoms with E-state index >= 15 is 0 Å². The van der Waals surface area contributed by atoms with E-state index in [0.717, 1.165) is 6.42 Å². The van der Waals surface area contributed by atoms with Crippen LogP contribution in [0.2, 0.25) is 0 Å². The molecule has 0 unspecified atom stereocenters. The van der Waals surface area contributed by atoms with E-state index in [0.29, 0.717) is 12.2 Å². The summed E-state index contributed by atoms with van der Waals surface area (Å²) in [5, 5.41) is 19.8. The van der Waals surface area contributed by atoms with Gasteiger partial charge in [0.15, 0.2) is 5.75 Å². The number of phenolic OH excluding ortho intramolecular Hbond substituents is 1. The smallest absolute Gasteiger partial charge is 0.310 e. The molecule has 0 saturated heterocycles. The lowest BCUT2D eigenvalue weighted by molar-refractivity contribution is -0.385. The van der Waals surface area contributed by atoms with E-state index in [4.69, 9.17) is 4.74 Å². The molecule has 6 heteroatoms. The van der Waals surface area contributed by atoms with Crippen molar-refractivity contribution < 1.29 is 19.6 Å². The highest BCUT2D eigenvalue weighted by Gasteiger charge is 2.15. The number of benzene rings is 1. The number of hydrogen-bond donors (Lipinski definition) is 1. The second-order valence-electron chi connectivity index (χ2n) is 3.48. The number of nitro benzene ring substituents is 1. The van der Waals surface area contributed by atoms with Crippen molar-refractivity contribution >= 4 is 11.7 Å². The van der Waals surface area contributed by atoms with Crippen molar-refractivity contribution in [3.63, 3.8) is 0 Å². The first-order valence-corrected chi connectivity index (χ1v) is 5.16. The molecule has 92 valence electrons. The van der Waals surface area contributed by atoms with Crippen LogP contribution in [-0.2, 0) is 16.0 Å². The maximum atomic E-state index is 11.3. The minimum absolute atomic E-state index is 0.0406. The van der Waals surface area contributed by atoms with Gasteiger partial charge in [-0.15, -0.1) is 0 Å². The van der Waals surface area contributed by atoms with E-state index in [-0.39, 0.29) is 6.42 Å². The number of aromatic hydroxyl groups is 1. The summed E-state index contributed by atoms with van der Waals surface area (Å²) in [6.07, 6.45) is 0.683. The number of ether oxygens (including phenoxy) is 1. The molecule has 6 nitrogen and oxygen atoms in total. The molecule has 1 aromatic carbocycles. The van der Waals surface area contributed by atoms with Gasteiger partial charge in [0.1, 0.15) is 0 Å². The Hall–Kier alpha value is -2.11. The van der Waals surface area contributed by atoms with Crippen LogP contribution < -0.4 is 0 Å². The van der Waals surface area contributed by atoms with Gasteiger partial charge in [0, 0.05) is 6.07 Å². The van der Waals surface area contributed by atoms with E-state index in [9.17, 15) is 20.0 Å². The minimum atomic E-state index is -0.698. The first-order chi connectivity index (χ1) is 8.04. The summed E-state index contributed by atoms with van der Waals surface area (Å²) in [6.45, 7) is 2.21. The average molecular weight is 239 g/mol. The molecular weight excluding hydrogens is 226 g/mol. The van der Waals surface area contributed by atoms with E-state index in [2.05, 4.69) is 0 Å². The van der Waals surface area contributed by atoms with Gasteiger partial charge in [0.25, 0.3) is 0 Å². The predicted octanol–water partition coefficient (Wildman–Crippen LogP) is 1.80. The molecule has 1 aromatic rings. The van der Waals surface area contributed by atoms with Crippen LogP contribution in [0.3, 0.4) is 0 Å². The molecule has 0 radical (unpaired) electrons. The van der Waals surface area contributed by atoms with Gasteiger partial charge in [0.05, 0.1) is 18.0 Å². The van der Waals surface area contributed by atoms with E-state index < -0.39 is 22.3 Å². The first kappa shape index (κ1) is 13.0. The number of rotatable bonds is 5. The first-order valence-electron chi connectivity index (χ1n) is 5.16. The van der Waals surface area contributed by atoms with Gasteiger partial charge in [0.2, 0.25) is 0 Å². The minimum Gasteiger partial charge on any atom is -0.502 e. The van der Waals surface area contributed by atoms with Crippen molar-refractivity contribution in [1.29, 1.82) is 0 Å². The van der Waals surface area contributed by atoms with Gasteiger partial charge in [-0.2, -0.15) is 0 Å². The molecule has 0 saturated carbocycles. The van der Waals surface area contributed by atoms with Crippen LogP contribution in [0.5, 0.6) is 5.75 Å². The second kappa shape index (κ2) is 5.83. The number of nitro groups is 1. The molecule has 0 spiro atoms. The lowest BCUT2D eigenvalue weighted by Gasteiger charge is -2.03. The van der Waals surface area contributed by atoms with Crippen molar-refractivity contribution in [2.45, 2.75) is 19.8 Å². The third kappa shape index (κ3) is 3.75. The van der Waals surface area contributed by atoms with Crippen LogP contribution in [0.15, 0.2) is 18.2 Å². The van der Waals surface area contributed by atoms with Gasteiger partial charge >= 0.3 is 11.7 Å². The molecule has 0 amide bonds. The molecular formula is C11H13NO5. The van der Waals surface area contributed by atoms with Crippen LogP contribution in [0.1, 0.15) is 18.9 Å². The zero-order valence-electron chi connectivity index (χ0n) is 9.38. The average Bonchev–Trinajstić information content (AvgIpc) is 2.28. The molecule has 0 bridgehead atoms. The van der Waals surface area contributed by atoms with Crippen LogP contribution in [-0.4, -0.2) is 22.6 Å². The Kier molecular flexibility index (Phi) is 4.45. The molecule has 1 N–H and O–H groups in total. The number of carbonyl (C=O) groups is 1. The molecule has 0 atom stereocenters. The quantitative estimate of drug-likeness (QED) is 0.480. The fourth-order valence-electron chi connectivity index (χ4n) is 1.26. The molecule has 0 aliphatic rings. The Labute approximate surface area is 98.0 Å². The van der Waals surface area contributed by atoms with Gasteiger partial charge in [-0.1, -0.05) is 13.0 Å². The van der Waals surface area contributed by atoms with Gasteiger partial charge in [-0.05, 0) is 18.1 Å². The number of nitrogens with zero attached hydrogens (tertiary/aromatic N) is 1. The van der Waals surface area contributed by atoms with E-state index in [1.165, 1.54) is 18.2 Å². The summed E-state index contributed by atoms with van der Waals surface area (Å²) >= 11 is 0. The normalized spacial score (nSPS) is 9.94. The Balaban J connectivity index is 2.75. The van der Waals surface area contributed by atoms with Gasteiger partial charge < -0.3 is 9.84 Å². The summed E-state index contributed by atoms with van der Waals surface area (Å²) in [6, 6.07) is 3.82. The second-order valence-corrected chi connectivity index (χ2v) is 3.48. The van der Waals surface area contributed by atoms with E-state index in [1.807, 2.05) is 6.92 Å². The predicted molar refractivity (Wildman–Crippen MR) is 59.7 cm³/mol. The number of carbonyl (C=O) groups excluding carboxylic acids is 1. The summed E-state index contributed by atoms with van der Waals surface area (Å²) in [7, 11) is 0. The molecule has 0 heterocycles. The van der Waals surface area contributed by atoms with Gasteiger partial charge in [-0.3, -0.25) is 14.9 Å². The van der Waals surface area contributed by atoms with Crippen molar-refractivity contribution in [3.8, 4) is 5.75 Å². The van der Waals surface area contributed by atoms with Crippen molar-refractivity contribution in [3.05, 3.63) is 33.9 Å². The van der Waals surface area contributed by atoms with Crippen molar-refractivity contribution in [2.75, 3.05) is 6.61 Å². The lowest BCUT2D eigenvalue weighted by Crippen LogP contribution is -2.08. The standard InChI is InChI=1S/C11H13NO5/c1-2-5-17-11(14)7-8-3-4-10(13)9(6-8)12(15)16/h3-4,6,13H,2,5,7H2,1H3. The SMILES string of the molecule is CCCOC(=O)Cc1ccc(O)c([N+](=O)[O-])c1. The largest absolute Gasteiger partial charge is 0.502 e. The third-order valence-electron chi connectivity index (χ3n) is 2.05. The Morgan fingerprint density at radius 3 is 2.82 bits per heavy atom. The highest BCUT2D eigenvalue weighted by atomic mass is 16.6. The number of phenols is 1. The zero-order valence-corrected chi connectivity index (χ0v) is 9.38. The van der Waals surface area contributed by atoms with E-state index in [1.54, 1.807) is 0 Å². The van der Waals surface area contributed by atoms with Crippen LogP contribution in [0.25, 0.3) is 0 Å². The maximum absolute atomic E-state index is 11.3. The third-order valence-corrected chi connectivity index (χ3v) is 2.05. The zero-order chi connectivity index (χ0) is 12.8. The summed E-state index contributed by atoms with van der Waals surface area (Å²) in [5.74, 6) is -0.854. The fraction of sp³-hybridized carbons (Fsp3) is 0.364. The number of hydrogen-bond acceptors (Lipinski definition) is 5. The monoisotopic (exact) mass is 239 g/mol. The van der Waals surface area contributed by atoms with Crippen LogP contribution in [0, 0.1) is 10.1 Å². The molecule has 0 aliphatic heterocycles. The summed E-state index contributed by atoms with van der Waals surface area (Å²) in [5.41, 5.74) is 0.0291. The lowest BCUT2D eigenvalue weighted by atomic mass is 10.1. The highest BCUT2D eigenvalue weighted by Crippen LogP contribution is 2.26. The Morgan fingerprint density at radius 1 is 1.53 bits per heavy atom. The number of esters is 1. The van der Waals surface area contributed by atoms with Crippen LogP contribution in [0.4, 0.5) is 5.69 Å². The molecule has 17 heavy (non-hydrogen) atoms. The summed E-state index contributed by atoms with van der Waals surface area (Å²) in [4.78, 5) is 21.1. The van der Waals surface area contributed by atoms with Crippen molar-refractivity contribution in [1.82, 2.24) is 0 Å². The fourth-order valence-corrected chi connectivity index (χ4v) is 1.26. The Bertz CT molecular complexity index is 430. The molecule has 0 fully saturated rings. The van der Waals surface area contributed by atoms with Crippen LogP contribution >= 0.6 is 0 Å². The maximum Gasteiger partial charge on any atom is 0.310 e. The van der Waals surface area contributed by atoms with Gasteiger partial charge in [-0.25, -0.2) is 0 Å².